The van der Waals surface area contributed by atoms with Gasteiger partial charge in [0.05, 0.1) is 0 Å². The Balaban J connectivity index is 1.19. The van der Waals surface area contributed by atoms with Crippen LogP contribution in [0.1, 0.15) is 30.0 Å². The summed E-state index contributed by atoms with van der Waals surface area (Å²) in [5.41, 5.74) is 6.23. The summed E-state index contributed by atoms with van der Waals surface area (Å²) in [5.74, 6) is -1.63. The zero-order valence-corrected chi connectivity index (χ0v) is 19.8. The van der Waals surface area contributed by atoms with E-state index in [4.69, 9.17) is 0 Å². The number of anilines is 3. The Morgan fingerprint density at radius 2 is 1.54 bits per heavy atom. The largest absolute Gasteiger partial charge is 0.367 e. The highest BCUT2D eigenvalue weighted by Crippen LogP contribution is 2.24. The summed E-state index contributed by atoms with van der Waals surface area (Å²) >= 11 is 0. The Morgan fingerprint density at radius 3 is 2.29 bits per heavy atom. The maximum absolute atomic E-state index is 12.2. The van der Waals surface area contributed by atoms with Crippen LogP contribution in [0.3, 0.4) is 0 Å². The zero-order chi connectivity index (χ0) is 24.6. The van der Waals surface area contributed by atoms with E-state index in [1.165, 1.54) is 29.3 Å². The molecule has 3 amide bonds. The summed E-state index contributed by atoms with van der Waals surface area (Å²) in [7, 11) is 0. The Hall–Kier alpha value is -4.13. The first kappa shape index (κ1) is 24.0. The molecule has 4 rings (SSSR count). The standard InChI is InChI=1S/C28H30N4O3/c1-20(33)30-24-9-4-10-25(18-24)31-28(35)27(34)29-16-5-6-21-11-13-26(14-12-21)32-17-15-22-7-2-3-8-23(22)19-32/h2-4,7-14,18H,5-6,15-17,19H2,1H3,(H,29,34)(H,30,33)(H,31,35). The van der Waals surface area contributed by atoms with Gasteiger partial charge in [0, 0.05) is 43.6 Å². The highest BCUT2D eigenvalue weighted by atomic mass is 16.2. The molecule has 1 heterocycles. The molecule has 35 heavy (non-hydrogen) atoms. The van der Waals surface area contributed by atoms with Crippen LogP contribution in [0.25, 0.3) is 0 Å². The Morgan fingerprint density at radius 1 is 0.829 bits per heavy atom. The number of nitrogens with zero attached hydrogens (tertiary/aromatic N) is 1. The summed E-state index contributed by atoms with van der Waals surface area (Å²) in [4.78, 5) is 37.9. The minimum atomic E-state index is -0.738. The van der Waals surface area contributed by atoms with Crippen molar-refractivity contribution in [2.75, 3.05) is 28.6 Å². The lowest BCUT2D eigenvalue weighted by Gasteiger charge is -2.30. The predicted molar refractivity (Wildman–Crippen MR) is 138 cm³/mol. The quantitative estimate of drug-likeness (QED) is 0.361. The van der Waals surface area contributed by atoms with Crippen molar-refractivity contribution in [1.29, 1.82) is 0 Å². The normalized spacial score (nSPS) is 12.4. The van der Waals surface area contributed by atoms with Crippen molar-refractivity contribution in [2.24, 2.45) is 0 Å². The molecule has 0 unspecified atom stereocenters. The second kappa shape index (κ2) is 11.3. The van der Waals surface area contributed by atoms with E-state index in [2.05, 4.69) is 69.4 Å². The van der Waals surface area contributed by atoms with E-state index >= 15 is 0 Å². The van der Waals surface area contributed by atoms with Gasteiger partial charge in [-0.05, 0) is 66.3 Å². The second-order valence-corrected chi connectivity index (χ2v) is 8.68. The van der Waals surface area contributed by atoms with Gasteiger partial charge in [0.25, 0.3) is 0 Å². The minimum Gasteiger partial charge on any atom is -0.367 e. The molecule has 3 aromatic rings. The third-order valence-corrected chi connectivity index (χ3v) is 6.01. The van der Waals surface area contributed by atoms with Gasteiger partial charge < -0.3 is 20.9 Å². The van der Waals surface area contributed by atoms with Crippen LogP contribution >= 0.6 is 0 Å². The van der Waals surface area contributed by atoms with Crippen LogP contribution in [0.5, 0.6) is 0 Å². The lowest BCUT2D eigenvalue weighted by molar-refractivity contribution is -0.136. The van der Waals surface area contributed by atoms with Crippen LogP contribution in [0, 0.1) is 0 Å². The molecule has 7 heteroatoms. The van der Waals surface area contributed by atoms with Crippen molar-refractivity contribution in [1.82, 2.24) is 5.32 Å². The molecule has 0 atom stereocenters. The highest BCUT2D eigenvalue weighted by Gasteiger charge is 2.16. The van der Waals surface area contributed by atoms with Gasteiger partial charge in [-0.15, -0.1) is 0 Å². The predicted octanol–water partition coefficient (Wildman–Crippen LogP) is 3.90. The Bertz CT molecular complexity index is 1210. The fourth-order valence-electron chi connectivity index (χ4n) is 4.23. The van der Waals surface area contributed by atoms with Gasteiger partial charge in [0.2, 0.25) is 5.91 Å². The average molecular weight is 471 g/mol. The minimum absolute atomic E-state index is 0.210. The van der Waals surface area contributed by atoms with E-state index in [1.807, 2.05) is 0 Å². The van der Waals surface area contributed by atoms with Crippen molar-refractivity contribution < 1.29 is 14.4 Å². The van der Waals surface area contributed by atoms with Crippen molar-refractivity contribution in [3.63, 3.8) is 0 Å². The Labute approximate surface area is 205 Å². The first-order valence-corrected chi connectivity index (χ1v) is 11.9. The molecule has 0 fully saturated rings. The maximum atomic E-state index is 12.2. The van der Waals surface area contributed by atoms with Crippen LogP contribution in [-0.2, 0) is 33.8 Å². The van der Waals surface area contributed by atoms with E-state index in [9.17, 15) is 14.4 Å². The van der Waals surface area contributed by atoms with Gasteiger partial charge in [0.15, 0.2) is 0 Å². The van der Waals surface area contributed by atoms with Crippen molar-refractivity contribution in [3.8, 4) is 0 Å². The summed E-state index contributed by atoms with van der Waals surface area (Å²) in [6.07, 6.45) is 2.60. The van der Waals surface area contributed by atoms with E-state index in [1.54, 1.807) is 24.3 Å². The summed E-state index contributed by atoms with van der Waals surface area (Å²) in [5, 5.41) is 7.85. The first-order valence-electron chi connectivity index (χ1n) is 11.9. The number of carbonyl (C=O) groups is 3. The molecule has 0 radical (unpaired) electrons. The lowest BCUT2D eigenvalue weighted by Crippen LogP contribution is -2.36. The van der Waals surface area contributed by atoms with Gasteiger partial charge in [0.1, 0.15) is 0 Å². The van der Waals surface area contributed by atoms with Crippen LogP contribution < -0.4 is 20.9 Å². The van der Waals surface area contributed by atoms with Crippen LogP contribution in [0.4, 0.5) is 17.1 Å². The van der Waals surface area contributed by atoms with Crippen molar-refractivity contribution in [3.05, 3.63) is 89.5 Å². The molecule has 3 aromatic carbocycles. The molecule has 0 aliphatic carbocycles. The molecular formula is C28H30N4O3. The van der Waals surface area contributed by atoms with Gasteiger partial charge in [-0.25, -0.2) is 0 Å². The lowest BCUT2D eigenvalue weighted by atomic mass is 9.99. The second-order valence-electron chi connectivity index (χ2n) is 8.68. The highest BCUT2D eigenvalue weighted by molar-refractivity contribution is 6.39. The van der Waals surface area contributed by atoms with Gasteiger partial charge in [-0.3, -0.25) is 14.4 Å². The van der Waals surface area contributed by atoms with Crippen LogP contribution in [-0.4, -0.2) is 30.8 Å². The van der Waals surface area contributed by atoms with E-state index in [0.717, 1.165) is 32.4 Å². The van der Waals surface area contributed by atoms with Gasteiger partial charge in [-0.2, -0.15) is 0 Å². The molecule has 0 saturated carbocycles. The molecule has 1 aliphatic heterocycles. The van der Waals surface area contributed by atoms with Crippen LogP contribution in [0.2, 0.25) is 0 Å². The Kier molecular flexibility index (Phi) is 7.77. The van der Waals surface area contributed by atoms with E-state index in [-0.39, 0.29) is 5.91 Å². The number of hydrogen-bond acceptors (Lipinski definition) is 4. The molecule has 0 saturated heterocycles. The maximum Gasteiger partial charge on any atom is 0.313 e. The summed E-state index contributed by atoms with van der Waals surface area (Å²) in [6.45, 7) is 3.76. The topological polar surface area (TPSA) is 90.5 Å². The number of hydrogen-bond donors (Lipinski definition) is 3. The molecule has 0 bridgehead atoms. The molecule has 3 N–H and O–H groups in total. The number of aryl methyl sites for hydroxylation is 1. The smallest absolute Gasteiger partial charge is 0.313 e. The molecule has 0 spiro atoms. The van der Waals surface area contributed by atoms with Crippen LogP contribution in [0.15, 0.2) is 72.8 Å². The number of amides is 3. The third kappa shape index (κ3) is 6.69. The number of benzene rings is 3. The number of carbonyl (C=O) groups excluding carboxylic acids is 3. The van der Waals surface area contributed by atoms with E-state index in [0.29, 0.717) is 17.9 Å². The molecule has 0 aromatic heterocycles. The fourth-order valence-corrected chi connectivity index (χ4v) is 4.23. The molecule has 7 nitrogen and oxygen atoms in total. The number of fused-ring (bicyclic) bond motifs is 1. The first-order chi connectivity index (χ1) is 17.0. The molecule has 1 aliphatic rings. The monoisotopic (exact) mass is 470 g/mol. The summed E-state index contributed by atoms with van der Waals surface area (Å²) < 4.78 is 0. The fraction of sp³-hybridized carbons (Fsp3) is 0.250. The summed E-state index contributed by atoms with van der Waals surface area (Å²) in [6, 6.07) is 23.8. The number of nitrogens with one attached hydrogen (secondary N) is 3. The zero-order valence-electron chi connectivity index (χ0n) is 19.8. The molecular weight excluding hydrogens is 440 g/mol. The van der Waals surface area contributed by atoms with Gasteiger partial charge >= 0.3 is 11.8 Å². The number of rotatable bonds is 7. The molecule has 180 valence electrons. The average Bonchev–Trinajstić information content (AvgIpc) is 2.86. The third-order valence-electron chi connectivity index (χ3n) is 6.01. The SMILES string of the molecule is CC(=O)Nc1cccc(NC(=O)C(=O)NCCCc2ccc(N3CCc4ccccc4C3)cc2)c1. The van der Waals surface area contributed by atoms with Crippen molar-refractivity contribution in [2.45, 2.75) is 32.7 Å². The van der Waals surface area contributed by atoms with E-state index < -0.39 is 11.8 Å². The van der Waals surface area contributed by atoms with Crippen molar-refractivity contribution >= 4 is 34.8 Å². The van der Waals surface area contributed by atoms with Gasteiger partial charge in [-0.1, -0.05) is 42.5 Å².